The van der Waals surface area contributed by atoms with E-state index in [2.05, 4.69) is 34.1 Å². The summed E-state index contributed by atoms with van der Waals surface area (Å²) in [5, 5.41) is 10.2. The molecule has 1 aliphatic rings. The summed E-state index contributed by atoms with van der Waals surface area (Å²) >= 11 is 1.32. The Bertz CT molecular complexity index is 1160. The zero-order chi connectivity index (χ0) is 23.9. The van der Waals surface area contributed by atoms with Crippen molar-refractivity contribution in [3.8, 4) is 5.75 Å². The molecule has 8 heteroatoms. The average Bonchev–Trinajstić information content (AvgIpc) is 3.31. The molecule has 1 aromatic heterocycles. The van der Waals surface area contributed by atoms with Crippen molar-refractivity contribution in [2.45, 2.75) is 52.0 Å². The Kier molecular flexibility index (Phi) is 7.90. The molecule has 0 atom stereocenters. The van der Waals surface area contributed by atoms with Crippen LogP contribution in [0.1, 0.15) is 81.4 Å². The van der Waals surface area contributed by atoms with E-state index in [1.54, 1.807) is 6.07 Å². The van der Waals surface area contributed by atoms with Gasteiger partial charge in [-0.05, 0) is 78.2 Å². The summed E-state index contributed by atoms with van der Waals surface area (Å²) in [5.41, 5.74) is 4.05. The Morgan fingerprint density at radius 1 is 1.18 bits per heavy atom. The number of nitrogens with one attached hydrogen (secondary N) is 2. The minimum atomic E-state index is -0.154. The maximum Gasteiger partial charge on any atom is 0.251 e. The number of aromatic nitrogens is 2. The molecule has 2 aromatic carbocycles. The van der Waals surface area contributed by atoms with Crippen LogP contribution in [0.2, 0.25) is 0 Å². The van der Waals surface area contributed by atoms with E-state index in [9.17, 15) is 9.59 Å². The number of fused-ring (bicyclic) bond motifs is 3. The van der Waals surface area contributed by atoms with Crippen molar-refractivity contribution >= 4 is 23.3 Å². The number of nitrogens with zero attached hydrogens (tertiary/aromatic N) is 2. The quantitative estimate of drug-likeness (QED) is 0.577. The second-order valence-corrected chi connectivity index (χ2v) is 9.62. The topological polar surface area (TPSA) is 93.2 Å². The number of amides is 2. The normalized spacial score (nSPS) is 14.5. The summed E-state index contributed by atoms with van der Waals surface area (Å²) < 4.78 is 10.1. The summed E-state index contributed by atoms with van der Waals surface area (Å²) in [6.45, 7) is 5.79. The van der Waals surface area contributed by atoms with Crippen molar-refractivity contribution in [2.24, 2.45) is 0 Å². The number of carbonyl (C=O) groups is 2. The molecule has 0 radical (unpaired) electrons. The molecule has 2 N–H and O–H groups in total. The Morgan fingerprint density at radius 3 is 2.91 bits per heavy atom. The Labute approximate surface area is 204 Å². The molecule has 7 nitrogen and oxygen atoms in total. The molecule has 0 saturated heterocycles. The van der Waals surface area contributed by atoms with Crippen LogP contribution in [0, 0.1) is 0 Å². The molecule has 4 rings (SSSR count). The van der Waals surface area contributed by atoms with Crippen LogP contribution in [-0.2, 0) is 13.0 Å². The van der Waals surface area contributed by atoms with E-state index >= 15 is 0 Å². The second-order valence-electron chi connectivity index (χ2n) is 8.78. The molecule has 2 amide bonds. The summed E-state index contributed by atoms with van der Waals surface area (Å²) in [4.78, 5) is 26.4. The van der Waals surface area contributed by atoms with Crippen LogP contribution < -0.4 is 15.4 Å². The molecule has 34 heavy (non-hydrogen) atoms. The van der Waals surface area contributed by atoms with Gasteiger partial charge < -0.3 is 15.4 Å². The number of carbonyl (C=O) groups excluding carboxylic acids is 2. The van der Waals surface area contributed by atoms with Crippen LogP contribution >= 0.6 is 11.5 Å². The van der Waals surface area contributed by atoms with Crippen molar-refractivity contribution in [1.82, 2.24) is 20.2 Å². The predicted octanol–water partition coefficient (Wildman–Crippen LogP) is 4.47. The van der Waals surface area contributed by atoms with Crippen molar-refractivity contribution in [2.75, 3.05) is 13.2 Å². The fourth-order valence-corrected chi connectivity index (χ4v) is 4.71. The van der Waals surface area contributed by atoms with Gasteiger partial charge in [-0.3, -0.25) is 9.59 Å². The predicted molar refractivity (Wildman–Crippen MR) is 133 cm³/mol. The molecule has 1 aliphatic heterocycles. The van der Waals surface area contributed by atoms with Crippen LogP contribution in [0.25, 0.3) is 0 Å². The molecule has 0 unspecified atom stereocenters. The van der Waals surface area contributed by atoms with Gasteiger partial charge in [0, 0.05) is 24.1 Å². The molecule has 3 aromatic rings. The lowest BCUT2D eigenvalue weighted by Gasteiger charge is -2.15. The van der Waals surface area contributed by atoms with Crippen molar-refractivity contribution < 1.29 is 14.3 Å². The van der Waals surface area contributed by atoms with Crippen molar-refractivity contribution in [3.05, 3.63) is 75.3 Å². The van der Waals surface area contributed by atoms with E-state index in [-0.39, 0.29) is 17.7 Å². The lowest BCUT2D eigenvalue weighted by molar-refractivity contribution is 0.0944. The lowest BCUT2D eigenvalue weighted by Crippen LogP contribution is -2.24. The van der Waals surface area contributed by atoms with Gasteiger partial charge in [0.25, 0.3) is 11.8 Å². The molecular formula is C26H30N4O3S. The zero-order valence-corrected chi connectivity index (χ0v) is 20.4. The van der Waals surface area contributed by atoms with Crippen molar-refractivity contribution in [3.63, 3.8) is 0 Å². The van der Waals surface area contributed by atoms with E-state index in [4.69, 9.17) is 4.74 Å². The first-order chi connectivity index (χ1) is 16.5. The SMILES string of the molecule is CC(C)c1nnsc1CNC(=O)c1ccc2c(c1)Cc1cccc(c1)C(=O)NCCCCCO2. The molecule has 2 heterocycles. The van der Waals surface area contributed by atoms with Crippen LogP contribution in [-0.4, -0.2) is 34.6 Å². The highest BCUT2D eigenvalue weighted by Gasteiger charge is 2.16. The average molecular weight is 479 g/mol. The highest BCUT2D eigenvalue weighted by Crippen LogP contribution is 2.25. The monoisotopic (exact) mass is 478 g/mol. The minimum Gasteiger partial charge on any atom is -0.493 e. The molecular weight excluding hydrogens is 448 g/mol. The van der Waals surface area contributed by atoms with Gasteiger partial charge in [0.05, 0.1) is 23.7 Å². The maximum absolute atomic E-state index is 12.9. The highest BCUT2D eigenvalue weighted by molar-refractivity contribution is 7.05. The van der Waals surface area contributed by atoms with Crippen LogP contribution in [0.4, 0.5) is 0 Å². The highest BCUT2D eigenvalue weighted by atomic mass is 32.1. The second kappa shape index (κ2) is 11.2. The standard InChI is InChI=1S/C26H30N4O3S/c1-17(2)24-23(34-30-29-24)16-28-26(32)20-9-10-22-21(15-20)14-18-7-6-8-19(13-18)25(31)27-11-4-3-5-12-33-22/h6-10,13,15,17H,3-5,11-12,14,16H2,1-2H3,(H,27,31)(H,28,32). The van der Waals surface area contributed by atoms with E-state index < -0.39 is 0 Å². The van der Waals surface area contributed by atoms with Gasteiger partial charge in [0.15, 0.2) is 0 Å². The van der Waals surface area contributed by atoms with Gasteiger partial charge in [-0.1, -0.05) is 30.5 Å². The molecule has 0 aliphatic carbocycles. The van der Waals surface area contributed by atoms with Gasteiger partial charge in [-0.2, -0.15) is 0 Å². The molecule has 0 spiro atoms. The smallest absolute Gasteiger partial charge is 0.251 e. The molecule has 2 bridgehead atoms. The van der Waals surface area contributed by atoms with Gasteiger partial charge in [0.1, 0.15) is 5.75 Å². The van der Waals surface area contributed by atoms with Gasteiger partial charge >= 0.3 is 0 Å². The first kappa shape index (κ1) is 23.9. The third-order valence-corrected chi connectivity index (χ3v) is 6.55. The Morgan fingerprint density at radius 2 is 2.06 bits per heavy atom. The maximum atomic E-state index is 12.9. The Balaban J connectivity index is 1.56. The summed E-state index contributed by atoms with van der Waals surface area (Å²) in [6.07, 6.45) is 3.35. The van der Waals surface area contributed by atoms with Gasteiger partial charge in [-0.25, -0.2) is 0 Å². The minimum absolute atomic E-state index is 0.0539. The number of benzene rings is 2. The third kappa shape index (κ3) is 5.99. The zero-order valence-electron chi connectivity index (χ0n) is 19.6. The van der Waals surface area contributed by atoms with E-state index in [1.807, 2.05) is 36.4 Å². The summed E-state index contributed by atoms with van der Waals surface area (Å²) in [6, 6.07) is 13.2. The third-order valence-electron chi connectivity index (χ3n) is 5.81. The molecule has 0 saturated carbocycles. The largest absolute Gasteiger partial charge is 0.493 e. The summed E-state index contributed by atoms with van der Waals surface area (Å²) in [7, 11) is 0. The van der Waals surface area contributed by atoms with Gasteiger partial charge in [-0.15, -0.1) is 5.10 Å². The van der Waals surface area contributed by atoms with Crippen molar-refractivity contribution in [1.29, 1.82) is 0 Å². The van der Waals surface area contributed by atoms with Crippen LogP contribution in [0.5, 0.6) is 5.75 Å². The fourth-order valence-electron chi connectivity index (χ4n) is 3.97. The summed E-state index contributed by atoms with van der Waals surface area (Å²) in [5.74, 6) is 0.823. The van der Waals surface area contributed by atoms with E-state index in [0.29, 0.717) is 37.2 Å². The van der Waals surface area contributed by atoms with E-state index in [0.717, 1.165) is 46.7 Å². The number of ether oxygens (including phenoxy) is 1. The fraction of sp³-hybridized carbons (Fsp3) is 0.385. The van der Waals surface area contributed by atoms with Crippen LogP contribution in [0.15, 0.2) is 42.5 Å². The lowest BCUT2D eigenvalue weighted by atomic mass is 9.99. The number of hydrogen-bond acceptors (Lipinski definition) is 6. The van der Waals surface area contributed by atoms with Gasteiger partial charge in [0.2, 0.25) is 0 Å². The first-order valence-electron chi connectivity index (χ1n) is 11.7. The number of rotatable bonds is 4. The van der Waals surface area contributed by atoms with E-state index in [1.165, 1.54) is 11.5 Å². The molecule has 178 valence electrons. The Hall–Kier alpha value is -3.26. The number of hydrogen-bond donors (Lipinski definition) is 2. The van der Waals surface area contributed by atoms with Crippen LogP contribution in [0.3, 0.4) is 0 Å². The molecule has 0 fully saturated rings. The first-order valence-corrected chi connectivity index (χ1v) is 12.5.